The highest BCUT2D eigenvalue weighted by atomic mass is 32.2. The predicted molar refractivity (Wildman–Crippen MR) is 85.1 cm³/mol. The lowest BCUT2D eigenvalue weighted by Crippen LogP contribution is -2.33. The van der Waals surface area contributed by atoms with Crippen LogP contribution in [-0.2, 0) is 23.0 Å². The number of aromatic carboxylic acids is 1. The zero-order valence-corrected chi connectivity index (χ0v) is 14.6. The van der Waals surface area contributed by atoms with E-state index >= 15 is 0 Å². The van der Waals surface area contributed by atoms with Gasteiger partial charge in [-0.05, 0) is 32.6 Å². The number of carboxylic acid groups (broad SMARTS) is 1. The molecule has 0 aliphatic carbocycles. The molecule has 0 atom stereocenters. The molecule has 0 saturated heterocycles. The predicted octanol–water partition coefficient (Wildman–Crippen LogP) is 0.274. The molecule has 2 rings (SSSR count). The summed E-state index contributed by atoms with van der Waals surface area (Å²) in [6.45, 7) is 2.08. The quantitative estimate of drug-likeness (QED) is 0.768. The first kappa shape index (κ1) is 17.4. The van der Waals surface area contributed by atoms with E-state index in [1.54, 1.807) is 0 Å². The fourth-order valence-electron chi connectivity index (χ4n) is 2.31. The Morgan fingerprint density at radius 3 is 2.59 bits per heavy atom. The van der Waals surface area contributed by atoms with Crippen LogP contribution in [0.15, 0.2) is 4.21 Å². The molecular formula is C13H21N3O4S2. The molecule has 9 heteroatoms. The average molecular weight is 347 g/mol. The first-order valence-corrected chi connectivity index (χ1v) is 9.20. The second-order valence-electron chi connectivity index (χ2n) is 5.53. The standard InChI is InChI=1S/C13H21N3O4S2/c1-15(2)6-7-16(3)22(19,20)13-11(12(17)18)9-4-5-14-8-10(9)21-13/h14H,4-8H2,1-3H3,(H,17,18). The minimum absolute atomic E-state index is 0.0433. The van der Waals surface area contributed by atoms with Gasteiger partial charge in [0.05, 0.1) is 5.56 Å². The summed E-state index contributed by atoms with van der Waals surface area (Å²) in [4.78, 5) is 14.3. The first-order chi connectivity index (χ1) is 10.2. The van der Waals surface area contributed by atoms with Crippen molar-refractivity contribution < 1.29 is 18.3 Å². The van der Waals surface area contributed by atoms with Gasteiger partial charge >= 0.3 is 5.97 Å². The second-order valence-corrected chi connectivity index (χ2v) is 8.87. The van der Waals surface area contributed by atoms with Crippen LogP contribution in [0.25, 0.3) is 0 Å². The normalized spacial score (nSPS) is 15.3. The molecule has 2 heterocycles. The smallest absolute Gasteiger partial charge is 0.338 e. The zero-order chi connectivity index (χ0) is 16.5. The Morgan fingerprint density at radius 1 is 1.32 bits per heavy atom. The van der Waals surface area contributed by atoms with Crippen LogP contribution in [0.3, 0.4) is 0 Å². The lowest BCUT2D eigenvalue weighted by Gasteiger charge is -2.19. The largest absolute Gasteiger partial charge is 0.478 e. The van der Waals surface area contributed by atoms with E-state index in [1.807, 2.05) is 19.0 Å². The maximum atomic E-state index is 12.7. The van der Waals surface area contributed by atoms with Crippen molar-refractivity contribution in [2.75, 3.05) is 40.8 Å². The van der Waals surface area contributed by atoms with Crippen molar-refractivity contribution in [2.24, 2.45) is 0 Å². The first-order valence-electron chi connectivity index (χ1n) is 6.94. The highest BCUT2D eigenvalue weighted by molar-refractivity contribution is 7.91. The van der Waals surface area contributed by atoms with Gasteiger partial charge in [0, 0.05) is 31.6 Å². The van der Waals surface area contributed by atoms with E-state index < -0.39 is 16.0 Å². The van der Waals surface area contributed by atoms with Crippen LogP contribution in [0.5, 0.6) is 0 Å². The molecule has 1 aliphatic rings. The molecule has 0 fully saturated rings. The number of carboxylic acids is 1. The Bertz CT molecular complexity index is 667. The van der Waals surface area contributed by atoms with E-state index in [0.717, 1.165) is 16.2 Å². The lowest BCUT2D eigenvalue weighted by atomic mass is 10.1. The van der Waals surface area contributed by atoms with Crippen LogP contribution in [0.4, 0.5) is 0 Å². The van der Waals surface area contributed by atoms with Gasteiger partial charge in [0.1, 0.15) is 4.21 Å². The minimum Gasteiger partial charge on any atom is -0.478 e. The van der Waals surface area contributed by atoms with Gasteiger partial charge in [-0.25, -0.2) is 13.2 Å². The van der Waals surface area contributed by atoms with Crippen LogP contribution in [0, 0.1) is 0 Å². The summed E-state index contributed by atoms with van der Waals surface area (Å²) in [6, 6.07) is 0. The van der Waals surface area contributed by atoms with Crippen LogP contribution in [0.1, 0.15) is 20.8 Å². The molecule has 0 saturated carbocycles. The molecular weight excluding hydrogens is 326 g/mol. The Morgan fingerprint density at radius 2 is 2.00 bits per heavy atom. The van der Waals surface area contributed by atoms with Gasteiger partial charge in [0.15, 0.2) is 0 Å². The van der Waals surface area contributed by atoms with E-state index in [9.17, 15) is 18.3 Å². The summed E-state index contributed by atoms with van der Waals surface area (Å²) < 4.78 is 26.6. The second kappa shape index (κ2) is 6.63. The van der Waals surface area contributed by atoms with E-state index in [0.29, 0.717) is 38.2 Å². The fourth-order valence-corrected chi connectivity index (χ4v) is 5.53. The third-order valence-electron chi connectivity index (χ3n) is 3.62. The number of thiophene rings is 1. The van der Waals surface area contributed by atoms with Crippen molar-refractivity contribution in [3.05, 3.63) is 16.0 Å². The number of rotatable bonds is 6. The van der Waals surface area contributed by atoms with Gasteiger partial charge < -0.3 is 15.3 Å². The number of sulfonamides is 1. The van der Waals surface area contributed by atoms with Crippen molar-refractivity contribution >= 4 is 27.3 Å². The summed E-state index contributed by atoms with van der Waals surface area (Å²) in [6.07, 6.45) is 0.546. The molecule has 0 spiro atoms. The maximum Gasteiger partial charge on any atom is 0.338 e. The van der Waals surface area contributed by atoms with Gasteiger partial charge in [-0.2, -0.15) is 4.31 Å². The van der Waals surface area contributed by atoms with Crippen LogP contribution < -0.4 is 5.32 Å². The fraction of sp³-hybridized carbons (Fsp3) is 0.615. The van der Waals surface area contributed by atoms with Crippen molar-refractivity contribution in [1.29, 1.82) is 0 Å². The number of hydrogen-bond donors (Lipinski definition) is 2. The summed E-state index contributed by atoms with van der Waals surface area (Å²) in [7, 11) is 1.42. The molecule has 0 amide bonds. The number of fused-ring (bicyclic) bond motifs is 1. The Balaban J connectivity index is 2.42. The number of hydrogen-bond acceptors (Lipinski definition) is 6. The monoisotopic (exact) mass is 347 g/mol. The number of likely N-dealkylation sites (N-methyl/N-ethyl adjacent to an activating group) is 2. The topological polar surface area (TPSA) is 90.0 Å². The number of carbonyl (C=O) groups is 1. The summed E-state index contributed by atoms with van der Waals surface area (Å²) >= 11 is 1.07. The van der Waals surface area contributed by atoms with Gasteiger partial charge in [-0.1, -0.05) is 0 Å². The van der Waals surface area contributed by atoms with E-state index in [2.05, 4.69) is 5.32 Å². The number of nitrogens with one attached hydrogen (secondary N) is 1. The average Bonchev–Trinajstić information content (AvgIpc) is 2.84. The molecule has 22 heavy (non-hydrogen) atoms. The van der Waals surface area contributed by atoms with E-state index in [1.165, 1.54) is 11.4 Å². The molecule has 2 N–H and O–H groups in total. The Hall–Kier alpha value is -1.00. The van der Waals surface area contributed by atoms with Gasteiger partial charge in [-0.15, -0.1) is 11.3 Å². The molecule has 7 nitrogen and oxygen atoms in total. The summed E-state index contributed by atoms with van der Waals surface area (Å²) in [5.74, 6) is -1.17. The molecule has 0 unspecified atom stereocenters. The molecule has 1 aromatic rings. The number of nitrogens with zero attached hydrogens (tertiary/aromatic N) is 2. The van der Waals surface area contributed by atoms with Gasteiger partial charge in [-0.3, -0.25) is 0 Å². The highest BCUT2D eigenvalue weighted by Gasteiger charge is 2.34. The molecule has 0 aromatic carbocycles. The van der Waals surface area contributed by atoms with Crippen molar-refractivity contribution in [2.45, 2.75) is 17.2 Å². The van der Waals surface area contributed by atoms with E-state index in [-0.39, 0.29) is 9.77 Å². The summed E-state index contributed by atoms with van der Waals surface area (Å²) in [5.41, 5.74) is 0.619. The van der Waals surface area contributed by atoms with Gasteiger partial charge in [0.2, 0.25) is 0 Å². The third kappa shape index (κ3) is 3.33. The van der Waals surface area contributed by atoms with Crippen molar-refractivity contribution in [1.82, 2.24) is 14.5 Å². The van der Waals surface area contributed by atoms with Crippen LogP contribution in [-0.4, -0.2) is 69.5 Å². The molecule has 0 radical (unpaired) electrons. The summed E-state index contributed by atoms with van der Waals surface area (Å²) in [5, 5.41) is 12.6. The highest BCUT2D eigenvalue weighted by Crippen LogP contribution is 2.35. The van der Waals surface area contributed by atoms with E-state index in [4.69, 9.17) is 0 Å². The third-order valence-corrected chi connectivity index (χ3v) is 7.20. The zero-order valence-electron chi connectivity index (χ0n) is 12.9. The molecule has 124 valence electrons. The molecule has 0 bridgehead atoms. The molecule has 1 aromatic heterocycles. The Kier molecular flexibility index (Phi) is 5.23. The van der Waals surface area contributed by atoms with Gasteiger partial charge in [0.25, 0.3) is 10.0 Å². The molecule has 1 aliphatic heterocycles. The maximum absolute atomic E-state index is 12.7. The Labute approximate surface area is 134 Å². The minimum atomic E-state index is -3.79. The SMILES string of the molecule is CN(C)CCN(C)S(=O)(=O)c1sc2c(c1C(=O)O)CCNC2. The van der Waals surface area contributed by atoms with Crippen LogP contribution >= 0.6 is 11.3 Å². The van der Waals surface area contributed by atoms with Crippen molar-refractivity contribution in [3.8, 4) is 0 Å². The van der Waals surface area contributed by atoms with Crippen LogP contribution in [0.2, 0.25) is 0 Å². The van der Waals surface area contributed by atoms with Crippen molar-refractivity contribution in [3.63, 3.8) is 0 Å². The lowest BCUT2D eigenvalue weighted by molar-refractivity contribution is 0.0692.